The Bertz CT molecular complexity index is 858. The molecule has 0 unspecified atom stereocenters. The lowest BCUT2D eigenvalue weighted by Crippen LogP contribution is -2.44. The summed E-state index contributed by atoms with van der Waals surface area (Å²) in [6, 6.07) is 9.60. The van der Waals surface area contributed by atoms with E-state index >= 15 is 0 Å². The van der Waals surface area contributed by atoms with Gasteiger partial charge in [0.25, 0.3) is 11.6 Å². The number of alkyl halides is 3. The largest absolute Gasteiger partial charge is 0.418 e. The molecular weight excluding hydrogens is 373 g/mol. The van der Waals surface area contributed by atoms with Crippen LogP contribution in [0.15, 0.2) is 48.5 Å². The topological polar surface area (TPSA) is 96.3 Å². The highest BCUT2D eigenvalue weighted by Crippen LogP contribution is 2.34. The summed E-state index contributed by atoms with van der Waals surface area (Å²) in [7, 11) is 0. The fourth-order valence-electron chi connectivity index (χ4n) is 1.94. The van der Waals surface area contributed by atoms with Crippen LogP contribution < -0.4 is 16.2 Å². The van der Waals surface area contributed by atoms with Crippen LogP contribution in [0.3, 0.4) is 0 Å². The predicted molar refractivity (Wildman–Crippen MR) is 91.4 cm³/mol. The molecule has 7 nitrogen and oxygen atoms in total. The van der Waals surface area contributed by atoms with Crippen LogP contribution in [0.2, 0.25) is 0 Å². The summed E-state index contributed by atoms with van der Waals surface area (Å²) >= 11 is 4.84. The number of carbonyl (C=O) groups excluding carboxylic acids is 1. The highest BCUT2D eigenvalue weighted by Gasteiger charge is 2.33. The molecule has 1 amide bonds. The number of nitrogens with zero attached hydrogens (tertiary/aromatic N) is 1. The number of nitro groups is 1. The summed E-state index contributed by atoms with van der Waals surface area (Å²) in [5.41, 5.74) is 2.87. The zero-order valence-electron chi connectivity index (χ0n) is 12.8. The van der Waals surface area contributed by atoms with Gasteiger partial charge in [-0.1, -0.05) is 18.2 Å². The van der Waals surface area contributed by atoms with Gasteiger partial charge in [0, 0.05) is 17.7 Å². The van der Waals surface area contributed by atoms with E-state index in [1.807, 2.05) is 0 Å². The first kappa shape index (κ1) is 19.1. The number of amides is 1. The molecule has 0 radical (unpaired) electrons. The molecule has 2 rings (SSSR count). The van der Waals surface area contributed by atoms with Gasteiger partial charge >= 0.3 is 6.18 Å². The van der Waals surface area contributed by atoms with Gasteiger partial charge in [-0.2, -0.15) is 13.2 Å². The first-order valence-electron chi connectivity index (χ1n) is 6.96. The Hall–Kier alpha value is -3.21. The Labute approximate surface area is 150 Å². The summed E-state index contributed by atoms with van der Waals surface area (Å²) in [6.45, 7) is 0. The van der Waals surface area contributed by atoms with Crippen molar-refractivity contribution in [3.8, 4) is 0 Å². The average Bonchev–Trinajstić information content (AvgIpc) is 2.59. The van der Waals surface area contributed by atoms with Gasteiger partial charge in [0.15, 0.2) is 5.11 Å². The van der Waals surface area contributed by atoms with Gasteiger partial charge in [-0.25, -0.2) is 0 Å². The molecule has 0 aliphatic carbocycles. The average molecular weight is 384 g/mol. The molecular formula is C15H11F3N4O3S. The molecule has 11 heteroatoms. The molecule has 0 heterocycles. The van der Waals surface area contributed by atoms with Gasteiger partial charge in [-0.05, 0) is 30.4 Å². The van der Waals surface area contributed by atoms with E-state index in [0.717, 1.165) is 12.1 Å². The quantitative estimate of drug-likeness (QED) is 0.427. The smallest absolute Gasteiger partial charge is 0.331 e. The number of halogens is 3. The molecule has 2 aromatic rings. The molecule has 26 heavy (non-hydrogen) atoms. The second-order valence-electron chi connectivity index (χ2n) is 4.88. The second kappa shape index (κ2) is 7.78. The first-order valence-corrected chi connectivity index (χ1v) is 7.37. The minimum Gasteiger partial charge on any atom is -0.331 e. The molecule has 0 atom stereocenters. The molecule has 0 saturated carbocycles. The normalized spacial score (nSPS) is 10.7. The van der Waals surface area contributed by atoms with E-state index in [1.54, 1.807) is 0 Å². The highest BCUT2D eigenvalue weighted by atomic mass is 32.1. The molecule has 0 bridgehead atoms. The number of thiocarbonyl (C=S) groups is 1. The van der Waals surface area contributed by atoms with E-state index in [9.17, 15) is 28.1 Å². The van der Waals surface area contributed by atoms with Gasteiger partial charge in [-0.15, -0.1) is 0 Å². The van der Waals surface area contributed by atoms with Crippen molar-refractivity contribution in [1.29, 1.82) is 0 Å². The van der Waals surface area contributed by atoms with Crippen LogP contribution in [0.25, 0.3) is 0 Å². The van der Waals surface area contributed by atoms with Crippen molar-refractivity contribution in [1.82, 2.24) is 10.9 Å². The van der Waals surface area contributed by atoms with Crippen molar-refractivity contribution in [2.45, 2.75) is 6.18 Å². The number of rotatable bonds is 3. The molecule has 0 aliphatic rings. The number of hydrogen-bond donors (Lipinski definition) is 3. The van der Waals surface area contributed by atoms with Gasteiger partial charge in [0.1, 0.15) is 0 Å². The van der Waals surface area contributed by atoms with E-state index in [4.69, 9.17) is 12.2 Å². The maximum Gasteiger partial charge on any atom is 0.418 e. The maximum absolute atomic E-state index is 12.9. The molecule has 3 N–H and O–H groups in total. The number of anilines is 1. The van der Waals surface area contributed by atoms with Crippen molar-refractivity contribution in [3.63, 3.8) is 0 Å². The Balaban J connectivity index is 2.01. The highest BCUT2D eigenvalue weighted by molar-refractivity contribution is 7.80. The van der Waals surface area contributed by atoms with Gasteiger partial charge in [0.05, 0.1) is 16.2 Å². The van der Waals surface area contributed by atoms with Crippen molar-refractivity contribution in [2.24, 2.45) is 0 Å². The molecule has 0 saturated heterocycles. The van der Waals surface area contributed by atoms with E-state index < -0.39 is 22.6 Å². The number of hydrazine groups is 1. The number of nitro benzene ring substituents is 1. The Morgan fingerprint density at radius 2 is 1.77 bits per heavy atom. The lowest BCUT2D eigenvalue weighted by Gasteiger charge is -2.16. The first-order chi connectivity index (χ1) is 12.2. The van der Waals surface area contributed by atoms with E-state index in [1.165, 1.54) is 36.4 Å². The minimum atomic E-state index is -4.58. The lowest BCUT2D eigenvalue weighted by atomic mass is 10.2. The third-order valence-electron chi connectivity index (χ3n) is 3.09. The van der Waals surface area contributed by atoms with E-state index in [-0.39, 0.29) is 22.1 Å². The summed E-state index contributed by atoms with van der Waals surface area (Å²) in [5, 5.41) is 12.7. The van der Waals surface area contributed by atoms with Crippen molar-refractivity contribution >= 4 is 34.6 Å². The number of non-ortho nitro benzene ring substituents is 1. The van der Waals surface area contributed by atoms with Crippen LogP contribution in [0.4, 0.5) is 24.5 Å². The Morgan fingerprint density at radius 1 is 1.08 bits per heavy atom. The van der Waals surface area contributed by atoms with Crippen LogP contribution in [0.1, 0.15) is 15.9 Å². The third-order valence-corrected chi connectivity index (χ3v) is 3.29. The third kappa shape index (κ3) is 4.89. The van der Waals surface area contributed by atoms with Crippen LogP contribution in [0.5, 0.6) is 0 Å². The molecule has 0 aromatic heterocycles. The molecule has 0 spiro atoms. The van der Waals surface area contributed by atoms with Crippen molar-refractivity contribution < 1.29 is 22.9 Å². The standard InChI is InChI=1S/C15H11F3N4O3S/c16-15(17,18)11-6-1-2-7-12(11)19-14(26)21-20-13(23)9-4-3-5-10(8-9)22(24)25/h1-8H,(H,20,23)(H2,19,21,26). The fraction of sp³-hybridized carbons (Fsp3) is 0.0667. The van der Waals surface area contributed by atoms with Gasteiger partial charge in [0.2, 0.25) is 0 Å². The zero-order chi connectivity index (χ0) is 19.3. The number of carbonyl (C=O) groups is 1. The number of hydrogen-bond acceptors (Lipinski definition) is 4. The Kier molecular flexibility index (Phi) is 5.72. The summed E-state index contributed by atoms with van der Waals surface area (Å²) in [4.78, 5) is 22.0. The SMILES string of the molecule is O=C(NNC(=S)Nc1ccccc1C(F)(F)F)c1cccc([N+](=O)[O-])c1. The van der Waals surface area contributed by atoms with Crippen LogP contribution in [-0.2, 0) is 6.18 Å². The van der Waals surface area contributed by atoms with Gasteiger partial charge in [-0.3, -0.25) is 25.8 Å². The predicted octanol–water partition coefficient (Wildman–Crippen LogP) is 3.25. The van der Waals surface area contributed by atoms with Crippen molar-refractivity contribution in [2.75, 3.05) is 5.32 Å². The second-order valence-corrected chi connectivity index (χ2v) is 5.29. The summed E-state index contributed by atoms with van der Waals surface area (Å²) < 4.78 is 38.7. The van der Waals surface area contributed by atoms with Crippen molar-refractivity contribution in [3.05, 3.63) is 69.8 Å². The molecule has 0 aliphatic heterocycles. The monoisotopic (exact) mass is 384 g/mol. The maximum atomic E-state index is 12.9. The number of nitrogens with one attached hydrogen (secondary N) is 3. The molecule has 2 aromatic carbocycles. The zero-order valence-corrected chi connectivity index (χ0v) is 13.6. The van der Waals surface area contributed by atoms with E-state index in [0.29, 0.717) is 0 Å². The minimum absolute atomic E-state index is 0.0230. The van der Waals surface area contributed by atoms with Crippen LogP contribution >= 0.6 is 12.2 Å². The number of para-hydroxylation sites is 1. The molecule has 136 valence electrons. The van der Waals surface area contributed by atoms with Gasteiger partial charge < -0.3 is 5.32 Å². The van der Waals surface area contributed by atoms with E-state index in [2.05, 4.69) is 16.2 Å². The van der Waals surface area contributed by atoms with Crippen LogP contribution in [0, 0.1) is 10.1 Å². The Morgan fingerprint density at radius 3 is 2.42 bits per heavy atom. The molecule has 0 fully saturated rings. The number of benzene rings is 2. The summed E-state index contributed by atoms with van der Waals surface area (Å²) in [5.74, 6) is -0.748. The summed E-state index contributed by atoms with van der Waals surface area (Å²) in [6.07, 6.45) is -4.58. The lowest BCUT2D eigenvalue weighted by molar-refractivity contribution is -0.384. The fourth-order valence-corrected chi connectivity index (χ4v) is 2.10. The van der Waals surface area contributed by atoms with Crippen LogP contribution in [-0.4, -0.2) is 15.9 Å².